The summed E-state index contributed by atoms with van der Waals surface area (Å²) in [5, 5.41) is 3.39. The van der Waals surface area contributed by atoms with Gasteiger partial charge in [0.05, 0.1) is 25.7 Å². The highest BCUT2D eigenvalue weighted by molar-refractivity contribution is 5.04. The van der Waals surface area contributed by atoms with Gasteiger partial charge in [-0.2, -0.15) is 0 Å². The molecule has 84 valence electrons. The molecule has 1 aliphatic rings. The van der Waals surface area contributed by atoms with Gasteiger partial charge in [0, 0.05) is 38.3 Å². The summed E-state index contributed by atoms with van der Waals surface area (Å²) in [6.45, 7) is 6.89. The van der Waals surface area contributed by atoms with E-state index < -0.39 is 0 Å². The van der Waals surface area contributed by atoms with Crippen molar-refractivity contribution in [3.8, 4) is 0 Å². The number of ether oxygens (including phenoxy) is 1. The van der Waals surface area contributed by atoms with Crippen molar-refractivity contribution >= 4 is 0 Å². The van der Waals surface area contributed by atoms with Gasteiger partial charge < -0.3 is 14.5 Å². The second-order valence-corrected chi connectivity index (χ2v) is 3.76. The number of hydrogen-bond donors (Lipinski definition) is 1. The molecule has 1 fully saturated rings. The molecule has 2 rings (SSSR count). The Hall–Kier alpha value is -0.840. The standard InChI is InChI=1S/C11H18N2O2/c1-6-15-10-11(1)9-12-2-3-13-4-7-14-8-5-13/h1,6,10,12H,2-5,7-9H2. The van der Waals surface area contributed by atoms with E-state index in [2.05, 4.69) is 10.2 Å². The quantitative estimate of drug-likeness (QED) is 0.726. The van der Waals surface area contributed by atoms with E-state index in [0.29, 0.717) is 0 Å². The molecular formula is C11H18N2O2. The van der Waals surface area contributed by atoms with Crippen molar-refractivity contribution in [2.75, 3.05) is 39.4 Å². The third-order valence-corrected chi connectivity index (χ3v) is 2.62. The molecule has 0 radical (unpaired) electrons. The van der Waals surface area contributed by atoms with Crippen LogP contribution in [0.3, 0.4) is 0 Å². The van der Waals surface area contributed by atoms with Crippen LogP contribution in [0, 0.1) is 0 Å². The average molecular weight is 210 g/mol. The van der Waals surface area contributed by atoms with Crippen LogP contribution in [-0.4, -0.2) is 44.3 Å². The van der Waals surface area contributed by atoms with Gasteiger partial charge in [0.25, 0.3) is 0 Å². The Morgan fingerprint density at radius 1 is 1.33 bits per heavy atom. The zero-order valence-corrected chi connectivity index (χ0v) is 8.95. The minimum absolute atomic E-state index is 0.877. The number of furan rings is 1. The predicted molar refractivity (Wildman–Crippen MR) is 57.7 cm³/mol. The SMILES string of the molecule is c1cc(CNCCN2CCOCC2)co1. The van der Waals surface area contributed by atoms with Gasteiger partial charge in [0.2, 0.25) is 0 Å². The molecule has 0 amide bonds. The molecule has 1 aromatic rings. The van der Waals surface area contributed by atoms with Gasteiger partial charge in [-0.25, -0.2) is 0 Å². The lowest BCUT2D eigenvalue weighted by atomic mass is 10.3. The van der Waals surface area contributed by atoms with Crippen LogP contribution in [0.2, 0.25) is 0 Å². The average Bonchev–Trinajstić information content (AvgIpc) is 2.79. The van der Waals surface area contributed by atoms with Gasteiger partial charge in [-0.1, -0.05) is 0 Å². The van der Waals surface area contributed by atoms with E-state index in [4.69, 9.17) is 9.15 Å². The molecular weight excluding hydrogens is 192 g/mol. The molecule has 1 aromatic heterocycles. The topological polar surface area (TPSA) is 37.6 Å². The smallest absolute Gasteiger partial charge is 0.0947 e. The summed E-state index contributed by atoms with van der Waals surface area (Å²) in [7, 11) is 0. The van der Waals surface area contributed by atoms with E-state index in [1.165, 1.54) is 5.56 Å². The third-order valence-electron chi connectivity index (χ3n) is 2.62. The Balaban J connectivity index is 1.54. The molecule has 0 atom stereocenters. The maximum Gasteiger partial charge on any atom is 0.0947 e. The third kappa shape index (κ3) is 3.66. The van der Waals surface area contributed by atoms with Crippen LogP contribution in [-0.2, 0) is 11.3 Å². The minimum atomic E-state index is 0.877. The first kappa shape index (κ1) is 10.7. The maximum absolute atomic E-state index is 5.29. The molecule has 1 saturated heterocycles. The van der Waals surface area contributed by atoms with Gasteiger partial charge in [0.1, 0.15) is 0 Å². The molecule has 2 heterocycles. The summed E-state index contributed by atoms with van der Waals surface area (Å²) >= 11 is 0. The molecule has 0 saturated carbocycles. The minimum Gasteiger partial charge on any atom is -0.472 e. The fourth-order valence-corrected chi connectivity index (χ4v) is 1.69. The lowest BCUT2D eigenvalue weighted by Crippen LogP contribution is -2.40. The number of nitrogens with one attached hydrogen (secondary N) is 1. The molecule has 4 heteroatoms. The summed E-state index contributed by atoms with van der Waals surface area (Å²) in [6.07, 6.45) is 3.49. The molecule has 4 nitrogen and oxygen atoms in total. The van der Waals surface area contributed by atoms with Crippen LogP contribution in [0.5, 0.6) is 0 Å². The van der Waals surface area contributed by atoms with Crippen molar-refractivity contribution in [2.45, 2.75) is 6.54 Å². The lowest BCUT2D eigenvalue weighted by molar-refractivity contribution is 0.0384. The first-order valence-electron chi connectivity index (χ1n) is 5.47. The maximum atomic E-state index is 5.29. The van der Waals surface area contributed by atoms with E-state index in [0.717, 1.165) is 45.9 Å². The first-order valence-corrected chi connectivity index (χ1v) is 5.47. The molecule has 1 aliphatic heterocycles. The van der Waals surface area contributed by atoms with Gasteiger partial charge in [-0.15, -0.1) is 0 Å². The van der Waals surface area contributed by atoms with Crippen molar-refractivity contribution in [1.82, 2.24) is 10.2 Å². The van der Waals surface area contributed by atoms with Crippen molar-refractivity contribution < 1.29 is 9.15 Å². The molecule has 0 unspecified atom stereocenters. The predicted octanol–water partition coefficient (Wildman–Crippen LogP) is 0.701. The van der Waals surface area contributed by atoms with E-state index >= 15 is 0 Å². The summed E-state index contributed by atoms with van der Waals surface area (Å²) in [5.41, 5.74) is 1.21. The summed E-state index contributed by atoms with van der Waals surface area (Å²) in [5.74, 6) is 0. The summed E-state index contributed by atoms with van der Waals surface area (Å²) in [4.78, 5) is 2.42. The Bertz CT molecular complexity index is 256. The van der Waals surface area contributed by atoms with E-state index in [9.17, 15) is 0 Å². The van der Waals surface area contributed by atoms with Crippen molar-refractivity contribution in [3.05, 3.63) is 24.2 Å². The van der Waals surface area contributed by atoms with E-state index in [1.807, 2.05) is 6.07 Å². The highest BCUT2D eigenvalue weighted by Gasteiger charge is 2.08. The normalized spacial score (nSPS) is 18.1. The highest BCUT2D eigenvalue weighted by Crippen LogP contribution is 1.98. The monoisotopic (exact) mass is 210 g/mol. The molecule has 0 aromatic carbocycles. The second kappa shape index (κ2) is 5.90. The van der Waals surface area contributed by atoms with E-state index in [1.54, 1.807) is 12.5 Å². The van der Waals surface area contributed by atoms with Crippen molar-refractivity contribution in [1.29, 1.82) is 0 Å². The number of morpholine rings is 1. The number of nitrogens with zero attached hydrogens (tertiary/aromatic N) is 1. The van der Waals surface area contributed by atoms with Gasteiger partial charge >= 0.3 is 0 Å². The summed E-state index contributed by atoms with van der Waals surface area (Å²) < 4.78 is 10.3. The van der Waals surface area contributed by atoms with Crippen LogP contribution in [0.4, 0.5) is 0 Å². The second-order valence-electron chi connectivity index (χ2n) is 3.76. The largest absolute Gasteiger partial charge is 0.472 e. The number of rotatable bonds is 5. The molecule has 0 spiro atoms. The lowest BCUT2D eigenvalue weighted by Gasteiger charge is -2.26. The molecule has 1 N–H and O–H groups in total. The fraction of sp³-hybridized carbons (Fsp3) is 0.636. The Morgan fingerprint density at radius 2 is 2.20 bits per heavy atom. The first-order chi connectivity index (χ1) is 7.45. The zero-order valence-electron chi connectivity index (χ0n) is 8.95. The Labute approximate surface area is 90.2 Å². The van der Waals surface area contributed by atoms with Crippen LogP contribution < -0.4 is 5.32 Å². The van der Waals surface area contributed by atoms with Gasteiger partial charge in [-0.3, -0.25) is 4.90 Å². The van der Waals surface area contributed by atoms with Gasteiger partial charge in [-0.05, 0) is 6.07 Å². The van der Waals surface area contributed by atoms with Crippen LogP contribution >= 0.6 is 0 Å². The van der Waals surface area contributed by atoms with Crippen molar-refractivity contribution in [3.63, 3.8) is 0 Å². The summed E-state index contributed by atoms with van der Waals surface area (Å²) in [6, 6.07) is 1.99. The molecule has 15 heavy (non-hydrogen) atoms. The fourth-order valence-electron chi connectivity index (χ4n) is 1.69. The molecule has 0 aliphatic carbocycles. The zero-order chi connectivity index (χ0) is 10.3. The van der Waals surface area contributed by atoms with Crippen LogP contribution in [0.15, 0.2) is 23.0 Å². The van der Waals surface area contributed by atoms with Crippen LogP contribution in [0.1, 0.15) is 5.56 Å². The van der Waals surface area contributed by atoms with Crippen molar-refractivity contribution in [2.24, 2.45) is 0 Å². The van der Waals surface area contributed by atoms with Crippen LogP contribution in [0.25, 0.3) is 0 Å². The Morgan fingerprint density at radius 3 is 2.93 bits per heavy atom. The van der Waals surface area contributed by atoms with Gasteiger partial charge in [0.15, 0.2) is 0 Å². The highest BCUT2D eigenvalue weighted by atomic mass is 16.5. The Kier molecular flexibility index (Phi) is 4.20. The van der Waals surface area contributed by atoms with E-state index in [-0.39, 0.29) is 0 Å². The molecule has 0 bridgehead atoms. The number of hydrogen-bond acceptors (Lipinski definition) is 4.